The van der Waals surface area contributed by atoms with Crippen molar-refractivity contribution in [3.8, 4) is 0 Å². The fraction of sp³-hybridized carbons (Fsp3) is 0.364. The van der Waals surface area contributed by atoms with Crippen LogP contribution in [0.15, 0.2) is 18.2 Å². The summed E-state index contributed by atoms with van der Waals surface area (Å²) < 4.78 is 0. The lowest BCUT2D eigenvalue weighted by molar-refractivity contribution is -0.117. The van der Waals surface area contributed by atoms with Gasteiger partial charge in [0, 0.05) is 11.6 Å². The molecule has 1 saturated carbocycles. The van der Waals surface area contributed by atoms with Crippen LogP contribution < -0.4 is 10.6 Å². The summed E-state index contributed by atoms with van der Waals surface area (Å²) in [7, 11) is 0. The topological polar surface area (TPSA) is 41.1 Å². The van der Waals surface area contributed by atoms with E-state index in [1.165, 1.54) is 12.8 Å². The van der Waals surface area contributed by atoms with E-state index in [4.69, 9.17) is 11.6 Å². The van der Waals surface area contributed by atoms with Crippen LogP contribution in [0.1, 0.15) is 24.4 Å². The van der Waals surface area contributed by atoms with Crippen LogP contribution in [0.4, 0.5) is 5.69 Å². The van der Waals surface area contributed by atoms with Crippen molar-refractivity contribution < 1.29 is 4.79 Å². The Morgan fingerprint density at radius 2 is 2.20 bits per heavy atom. The van der Waals surface area contributed by atoms with Crippen molar-refractivity contribution in [3.05, 3.63) is 28.8 Å². The molecule has 3 nitrogen and oxygen atoms in total. The molecule has 0 aromatic heterocycles. The molecule has 0 spiro atoms. The Hall–Kier alpha value is -1.06. The molecule has 4 heteroatoms. The number of carbonyl (C=O) groups excluding carboxylic acids is 1. The van der Waals surface area contributed by atoms with E-state index >= 15 is 0 Å². The summed E-state index contributed by atoms with van der Waals surface area (Å²) in [5.41, 5.74) is 1.74. The lowest BCUT2D eigenvalue weighted by atomic mass is 10.1. The number of para-hydroxylation sites is 1. The van der Waals surface area contributed by atoms with Crippen molar-refractivity contribution in [1.82, 2.24) is 5.32 Å². The first-order chi connectivity index (χ1) is 7.25. The number of hydrogen-bond acceptors (Lipinski definition) is 2. The molecule has 15 heavy (non-hydrogen) atoms. The van der Waals surface area contributed by atoms with E-state index in [-0.39, 0.29) is 11.9 Å². The van der Waals surface area contributed by atoms with Gasteiger partial charge in [-0.2, -0.15) is 0 Å². The van der Waals surface area contributed by atoms with Crippen LogP contribution in [0.3, 0.4) is 0 Å². The molecule has 1 aliphatic carbocycles. The van der Waals surface area contributed by atoms with Gasteiger partial charge in [-0.05, 0) is 18.9 Å². The number of fused-ring (bicyclic) bond motifs is 1. The fourth-order valence-electron chi connectivity index (χ4n) is 1.90. The Morgan fingerprint density at radius 1 is 1.40 bits per heavy atom. The van der Waals surface area contributed by atoms with Gasteiger partial charge in [0.1, 0.15) is 6.04 Å². The molecule has 2 aliphatic rings. The highest BCUT2D eigenvalue weighted by atomic mass is 35.5. The summed E-state index contributed by atoms with van der Waals surface area (Å²) in [6.45, 7) is 0. The standard InChI is InChI=1S/C11H11ClN2O/c12-8-3-1-2-7-9(8)14-11(15)10(7)13-6-4-5-6/h1-3,6,10,13H,4-5H2,(H,14,15). The van der Waals surface area contributed by atoms with E-state index < -0.39 is 0 Å². The molecule has 0 saturated heterocycles. The molecule has 2 N–H and O–H groups in total. The summed E-state index contributed by atoms with van der Waals surface area (Å²) >= 11 is 6.01. The zero-order chi connectivity index (χ0) is 10.4. The first kappa shape index (κ1) is 9.19. The number of halogens is 1. The van der Waals surface area contributed by atoms with E-state index in [2.05, 4.69) is 10.6 Å². The fourth-order valence-corrected chi connectivity index (χ4v) is 2.13. The average Bonchev–Trinajstić information content (AvgIpc) is 2.96. The number of anilines is 1. The predicted molar refractivity (Wildman–Crippen MR) is 59.0 cm³/mol. The van der Waals surface area contributed by atoms with Gasteiger partial charge in [-0.15, -0.1) is 0 Å². The molecule has 0 radical (unpaired) electrons. The second-order valence-corrected chi connectivity index (χ2v) is 4.47. The van der Waals surface area contributed by atoms with E-state index in [1.807, 2.05) is 12.1 Å². The zero-order valence-electron chi connectivity index (χ0n) is 8.09. The predicted octanol–water partition coefficient (Wildman–Crippen LogP) is 2.09. The monoisotopic (exact) mass is 222 g/mol. The number of rotatable bonds is 2. The molecule has 1 unspecified atom stereocenters. The molecular formula is C11H11ClN2O. The molecule has 1 aromatic rings. The Kier molecular flexibility index (Phi) is 1.97. The Balaban J connectivity index is 1.97. The van der Waals surface area contributed by atoms with E-state index in [1.54, 1.807) is 6.07 Å². The SMILES string of the molecule is O=C1Nc2c(Cl)cccc2C1NC1CC1. The van der Waals surface area contributed by atoms with Crippen LogP contribution in [0.5, 0.6) is 0 Å². The highest BCUT2D eigenvalue weighted by molar-refractivity contribution is 6.34. The minimum Gasteiger partial charge on any atom is -0.323 e. The highest BCUT2D eigenvalue weighted by Crippen LogP contribution is 2.37. The number of nitrogens with one attached hydrogen (secondary N) is 2. The molecule has 1 aromatic carbocycles. The molecule has 3 rings (SSSR count). The molecular weight excluding hydrogens is 212 g/mol. The average molecular weight is 223 g/mol. The summed E-state index contributed by atoms with van der Waals surface area (Å²) in [4.78, 5) is 11.7. The largest absolute Gasteiger partial charge is 0.323 e. The van der Waals surface area contributed by atoms with Gasteiger partial charge in [-0.3, -0.25) is 10.1 Å². The second kappa shape index (κ2) is 3.22. The first-order valence-electron chi connectivity index (χ1n) is 5.11. The van der Waals surface area contributed by atoms with Gasteiger partial charge in [0.2, 0.25) is 5.91 Å². The summed E-state index contributed by atoms with van der Waals surface area (Å²) in [5, 5.41) is 6.74. The minimum atomic E-state index is -0.216. The van der Waals surface area contributed by atoms with Gasteiger partial charge < -0.3 is 5.32 Å². The number of benzene rings is 1. The van der Waals surface area contributed by atoms with Crippen LogP contribution in [0.25, 0.3) is 0 Å². The van der Waals surface area contributed by atoms with Crippen molar-refractivity contribution in [2.45, 2.75) is 24.9 Å². The Bertz CT molecular complexity index is 429. The smallest absolute Gasteiger partial charge is 0.246 e. The third kappa shape index (κ3) is 1.52. The van der Waals surface area contributed by atoms with Gasteiger partial charge in [0.05, 0.1) is 10.7 Å². The maximum Gasteiger partial charge on any atom is 0.246 e. The van der Waals surface area contributed by atoms with Gasteiger partial charge in [0.25, 0.3) is 0 Å². The van der Waals surface area contributed by atoms with E-state index in [0.29, 0.717) is 11.1 Å². The lowest BCUT2D eigenvalue weighted by Gasteiger charge is -2.09. The summed E-state index contributed by atoms with van der Waals surface area (Å²) in [6, 6.07) is 5.90. The van der Waals surface area contributed by atoms with Crippen molar-refractivity contribution in [2.75, 3.05) is 5.32 Å². The molecule has 1 fully saturated rings. The van der Waals surface area contributed by atoms with Gasteiger partial charge in [0.15, 0.2) is 0 Å². The van der Waals surface area contributed by atoms with Crippen molar-refractivity contribution in [2.24, 2.45) is 0 Å². The van der Waals surface area contributed by atoms with Gasteiger partial charge in [-0.25, -0.2) is 0 Å². The number of hydrogen-bond donors (Lipinski definition) is 2. The van der Waals surface area contributed by atoms with Crippen LogP contribution >= 0.6 is 11.6 Å². The number of amides is 1. The first-order valence-corrected chi connectivity index (χ1v) is 5.49. The quantitative estimate of drug-likeness (QED) is 0.805. The zero-order valence-corrected chi connectivity index (χ0v) is 8.84. The molecule has 0 bridgehead atoms. The van der Waals surface area contributed by atoms with Crippen LogP contribution in [-0.2, 0) is 4.79 Å². The van der Waals surface area contributed by atoms with Gasteiger partial charge in [-0.1, -0.05) is 23.7 Å². The molecule has 1 aliphatic heterocycles. The van der Waals surface area contributed by atoms with Crippen molar-refractivity contribution in [1.29, 1.82) is 0 Å². The molecule has 1 heterocycles. The number of carbonyl (C=O) groups is 1. The van der Waals surface area contributed by atoms with E-state index in [0.717, 1.165) is 11.3 Å². The summed E-state index contributed by atoms with van der Waals surface area (Å²) in [6.07, 6.45) is 2.33. The highest BCUT2D eigenvalue weighted by Gasteiger charge is 2.35. The minimum absolute atomic E-state index is 0.00463. The Morgan fingerprint density at radius 3 is 2.93 bits per heavy atom. The third-order valence-electron chi connectivity index (χ3n) is 2.85. The normalized spacial score (nSPS) is 23.8. The maximum absolute atomic E-state index is 11.7. The second-order valence-electron chi connectivity index (χ2n) is 4.07. The third-order valence-corrected chi connectivity index (χ3v) is 3.16. The lowest BCUT2D eigenvalue weighted by Crippen LogP contribution is -2.29. The molecule has 1 amide bonds. The van der Waals surface area contributed by atoms with Crippen LogP contribution in [0, 0.1) is 0 Å². The van der Waals surface area contributed by atoms with Crippen LogP contribution in [0.2, 0.25) is 5.02 Å². The summed E-state index contributed by atoms with van der Waals surface area (Å²) in [5.74, 6) is 0.00463. The van der Waals surface area contributed by atoms with Crippen LogP contribution in [-0.4, -0.2) is 11.9 Å². The molecule has 1 atom stereocenters. The maximum atomic E-state index is 11.7. The molecule has 78 valence electrons. The van der Waals surface area contributed by atoms with Crippen molar-refractivity contribution >= 4 is 23.2 Å². The van der Waals surface area contributed by atoms with Gasteiger partial charge >= 0.3 is 0 Å². The Labute approximate surface area is 92.8 Å². The van der Waals surface area contributed by atoms with E-state index in [9.17, 15) is 4.79 Å². The van der Waals surface area contributed by atoms with Crippen molar-refractivity contribution in [3.63, 3.8) is 0 Å².